The predicted octanol–water partition coefficient (Wildman–Crippen LogP) is 2.56. The van der Waals surface area contributed by atoms with Gasteiger partial charge in [0.1, 0.15) is 5.82 Å². The molecule has 0 N–H and O–H groups in total. The van der Waals surface area contributed by atoms with E-state index in [0.717, 1.165) is 19.4 Å². The van der Waals surface area contributed by atoms with Crippen LogP contribution in [0.4, 0.5) is 0 Å². The number of rotatable bonds is 5. The Kier molecular flexibility index (Phi) is 4.38. The number of hydrogen-bond acceptors (Lipinski definition) is 3. The molecule has 4 nitrogen and oxygen atoms in total. The monoisotopic (exact) mass is 264 g/mol. The lowest BCUT2D eigenvalue weighted by atomic mass is 10.1. The zero-order valence-electron chi connectivity index (χ0n) is 9.77. The molecule has 0 aromatic carbocycles. The average Bonchev–Trinajstić information content (AvgIpc) is 2.47. The van der Waals surface area contributed by atoms with Crippen molar-refractivity contribution in [1.29, 1.82) is 0 Å². The maximum Gasteiger partial charge on any atom is 0.280 e. The second-order valence-electron chi connectivity index (χ2n) is 4.11. The third-order valence-electron chi connectivity index (χ3n) is 2.49. The molecule has 0 bridgehead atoms. The fraction of sp³-hybridized carbons (Fsp3) is 0.700. The molecule has 92 valence electrons. The van der Waals surface area contributed by atoms with Gasteiger partial charge in [0.05, 0.1) is 0 Å². The summed E-state index contributed by atoms with van der Waals surface area (Å²) in [6.07, 6.45) is 3.74. The minimum absolute atomic E-state index is 0.0598. The Balaban J connectivity index is 2.87. The van der Waals surface area contributed by atoms with Crippen molar-refractivity contribution >= 4 is 19.7 Å². The largest absolute Gasteiger partial charge is 0.333 e. The first-order chi connectivity index (χ1) is 7.34. The number of imidazole rings is 1. The lowest BCUT2D eigenvalue weighted by Crippen LogP contribution is -2.07. The van der Waals surface area contributed by atoms with E-state index in [9.17, 15) is 8.42 Å². The Hall–Kier alpha value is -0.550. The summed E-state index contributed by atoms with van der Waals surface area (Å²) < 4.78 is 24.0. The SMILES string of the molecule is CCCC(C)Cn1cc(S(=O)(=O)Cl)nc1C. The van der Waals surface area contributed by atoms with E-state index < -0.39 is 9.05 Å². The first-order valence-electron chi connectivity index (χ1n) is 5.33. The summed E-state index contributed by atoms with van der Waals surface area (Å²) in [6, 6.07) is 0. The first-order valence-corrected chi connectivity index (χ1v) is 7.64. The van der Waals surface area contributed by atoms with E-state index in [1.165, 1.54) is 6.20 Å². The van der Waals surface area contributed by atoms with E-state index in [1.54, 1.807) is 6.92 Å². The van der Waals surface area contributed by atoms with Crippen molar-refractivity contribution < 1.29 is 8.42 Å². The Morgan fingerprint density at radius 3 is 2.62 bits per heavy atom. The number of halogens is 1. The van der Waals surface area contributed by atoms with Gasteiger partial charge in [0, 0.05) is 23.4 Å². The van der Waals surface area contributed by atoms with Crippen LogP contribution in [0.5, 0.6) is 0 Å². The molecule has 16 heavy (non-hydrogen) atoms. The van der Waals surface area contributed by atoms with Crippen molar-refractivity contribution in [3.05, 3.63) is 12.0 Å². The van der Waals surface area contributed by atoms with Crippen LogP contribution in [0.2, 0.25) is 0 Å². The molecular weight excluding hydrogens is 248 g/mol. The van der Waals surface area contributed by atoms with Gasteiger partial charge in [0.2, 0.25) is 0 Å². The molecule has 6 heteroatoms. The Bertz CT molecular complexity index is 453. The van der Waals surface area contributed by atoms with Crippen LogP contribution in [-0.4, -0.2) is 18.0 Å². The highest BCUT2D eigenvalue weighted by molar-refractivity contribution is 8.13. The molecule has 0 aliphatic carbocycles. The highest BCUT2D eigenvalue weighted by Crippen LogP contribution is 2.16. The van der Waals surface area contributed by atoms with E-state index in [-0.39, 0.29) is 5.03 Å². The normalized spacial score (nSPS) is 14.0. The van der Waals surface area contributed by atoms with E-state index in [1.807, 2.05) is 4.57 Å². The van der Waals surface area contributed by atoms with Gasteiger partial charge in [-0.15, -0.1) is 0 Å². The fourth-order valence-electron chi connectivity index (χ4n) is 1.70. The summed E-state index contributed by atoms with van der Waals surface area (Å²) >= 11 is 0. The van der Waals surface area contributed by atoms with Crippen LogP contribution in [0.1, 0.15) is 32.5 Å². The third kappa shape index (κ3) is 3.49. The number of hydrogen-bond donors (Lipinski definition) is 0. The molecule has 1 atom stereocenters. The van der Waals surface area contributed by atoms with Crippen LogP contribution in [0.25, 0.3) is 0 Å². The van der Waals surface area contributed by atoms with Crippen LogP contribution in [0.15, 0.2) is 11.2 Å². The molecule has 0 spiro atoms. The maximum atomic E-state index is 11.1. The average molecular weight is 265 g/mol. The molecule has 0 saturated carbocycles. The van der Waals surface area contributed by atoms with Crippen LogP contribution in [-0.2, 0) is 15.6 Å². The molecule has 0 fully saturated rings. The van der Waals surface area contributed by atoms with Gasteiger partial charge in [0.25, 0.3) is 9.05 Å². The number of nitrogens with zero attached hydrogens (tertiary/aromatic N) is 2. The van der Waals surface area contributed by atoms with Gasteiger partial charge >= 0.3 is 0 Å². The zero-order chi connectivity index (χ0) is 12.3. The van der Waals surface area contributed by atoms with Gasteiger partial charge in [-0.25, -0.2) is 13.4 Å². The standard InChI is InChI=1S/C10H17ClN2O2S/c1-4-5-8(2)6-13-7-10(12-9(13)3)16(11,14)15/h7-8H,4-6H2,1-3H3. The number of aromatic nitrogens is 2. The van der Waals surface area contributed by atoms with E-state index in [0.29, 0.717) is 11.7 Å². The summed E-state index contributed by atoms with van der Waals surface area (Å²) in [5.74, 6) is 1.19. The topological polar surface area (TPSA) is 52.0 Å². The smallest absolute Gasteiger partial charge is 0.280 e. The summed E-state index contributed by atoms with van der Waals surface area (Å²) in [7, 11) is 1.53. The second kappa shape index (κ2) is 5.19. The van der Waals surface area contributed by atoms with Crippen molar-refractivity contribution in [2.45, 2.75) is 45.2 Å². The molecule has 0 aliphatic heterocycles. The molecule has 1 unspecified atom stereocenters. The molecule has 1 aromatic heterocycles. The van der Waals surface area contributed by atoms with Gasteiger partial charge in [-0.2, -0.15) is 0 Å². The lowest BCUT2D eigenvalue weighted by Gasteiger charge is -2.11. The van der Waals surface area contributed by atoms with Crippen LogP contribution >= 0.6 is 10.7 Å². The van der Waals surface area contributed by atoms with Crippen LogP contribution in [0.3, 0.4) is 0 Å². The molecule has 0 radical (unpaired) electrons. The molecule has 0 amide bonds. The highest BCUT2D eigenvalue weighted by atomic mass is 35.7. The third-order valence-corrected chi connectivity index (χ3v) is 3.66. The molecular formula is C10H17ClN2O2S. The van der Waals surface area contributed by atoms with Crippen molar-refractivity contribution in [1.82, 2.24) is 9.55 Å². The lowest BCUT2D eigenvalue weighted by molar-refractivity contribution is 0.440. The Labute approximate surface area is 101 Å². The van der Waals surface area contributed by atoms with E-state index >= 15 is 0 Å². The summed E-state index contributed by atoms with van der Waals surface area (Å²) in [6.45, 7) is 6.83. The highest BCUT2D eigenvalue weighted by Gasteiger charge is 2.16. The van der Waals surface area contributed by atoms with E-state index in [2.05, 4.69) is 18.8 Å². The summed E-state index contributed by atoms with van der Waals surface area (Å²) in [5.41, 5.74) is 0. The molecule has 0 saturated heterocycles. The molecule has 0 aliphatic rings. The maximum absolute atomic E-state index is 11.1. The first kappa shape index (κ1) is 13.5. The molecule has 1 heterocycles. The molecule has 1 rings (SSSR count). The van der Waals surface area contributed by atoms with Gasteiger partial charge in [-0.05, 0) is 19.3 Å². The van der Waals surface area contributed by atoms with Crippen LogP contribution in [0, 0.1) is 12.8 Å². The van der Waals surface area contributed by atoms with E-state index in [4.69, 9.17) is 10.7 Å². The second-order valence-corrected chi connectivity index (χ2v) is 6.62. The Morgan fingerprint density at radius 1 is 1.56 bits per heavy atom. The van der Waals surface area contributed by atoms with Crippen molar-refractivity contribution in [2.24, 2.45) is 5.92 Å². The molecule has 1 aromatic rings. The summed E-state index contributed by atoms with van der Waals surface area (Å²) in [4.78, 5) is 3.94. The van der Waals surface area contributed by atoms with Crippen molar-refractivity contribution in [3.63, 3.8) is 0 Å². The minimum Gasteiger partial charge on any atom is -0.333 e. The predicted molar refractivity (Wildman–Crippen MR) is 64.1 cm³/mol. The van der Waals surface area contributed by atoms with Gasteiger partial charge < -0.3 is 4.57 Å². The van der Waals surface area contributed by atoms with Gasteiger partial charge in [-0.1, -0.05) is 20.3 Å². The van der Waals surface area contributed by atoms with Crippen molar-refractivity contribution in [3.8, 4) is 0 Å². The van der Waals surface area contributed by atoms with Gasteiger partial charge in [0.15, 0.2) is 5.03 Å². The summed E-state index contributed by atoms with van der Waals surface area (Å²) in [5, 5.41) is -0.0598. The quantitative estimate of drug-likeness (QED) is 0.768. The Morgan fingerprint density at radius 2 is 2.19 bits per heavy atom. The minimum atomic E-state index is -3.71. The van der Waals surface area contributed by atoms with Crippen molar-refractivity contribution in [2.75, 3.05) is 0 Å². The number of aryl methyl sites for hydroxylation is 1. The van der Waals surface area contributed by atoms with Crippen LogP contribution < -0.4 is 0 Å². The van der Waals surface area contributed by atoms with Gasteiger partial charge in [-0.3, -0.25) is 0 Å². The zero-order valence-corrected chi connectivity index (χ0v) is 11.3. The fourth-order valence-corrected chi connectivity index (χ4v) is 2.42.